The summed E-state index contributed by atoms with van der Waals surface area (Å²) in [5, 5.41) is 9.04. The number of nitrogens with zero attached hydrogens (tertiary/aromatic N) is 2. The summed E-state index contributed by atoms with van der Waals surface area (Å²) >= 11 is 0. The molecule has 6 heteroatoms. The fourth-order valence-corrected chi connectivity index (χ4v) is 3.31. The summed E-state index contributed by atoms with van der Waals surface area (Å²) in [4.78, 5) is 14.8. The SMILES string of the molecule is O=C(O)N1CCC2(CC1)CN(Cc1ccc(F)cc1)CCO2. The number of hydrogen-bond donors (Lipinski definition) is 1. The third kappa shape index (κ3) is 3.39. The van der Waals surface area contributed by atoms with Crippen LogP contribution in [0.15, 0.2) is 24.3 Å². The molecule has 0 aliphatic carbocycles. The van der Waals surface area contributed by atoms with Crippen molar-refractivity contribution in [3.8, 4) is 0 Å². The third-order valence-electron chi connectivity index (χ3n) is 4.59. The van der Waals surface area contributed by atoms with Crippen LogP contribution in [-0.4, -0.2) is 59.4 Å². The van der Waals surface area contributed by atoms with Crippen molar-refractivity contribution < 1.29 is 19.0 Å². The topological polar surface area (TPSA) is 53.0 Å². The van der Waals surface area contributed by atoms with Crippen molar-refractivity contribution in [2.75, 3.05) is 32.8 Å². The maximum atomic E-state index is 13.0. The van der Waals surface area contributed by atoms with Gasteiger partial charge in [0.1, 0.15) is 5.82 Å². The van der Waals surface area contributed by atoms with Gasteiger partial charge in [-0.25, -0.2) is 9.18 Å². The van der Waals surface area contributed by atoms with Gasteiger partial charge < -0.3 is 14.7 Å². The molecular weight excluding hydrogens is 287 g/mol. The van der Waals surface area contributed by atoms with Gasteiger partial charge in [-0.1, -0.05) is 12.1 Å². The van der Waals surface area contributed by atoms with Crippen molar-refractivity contribution in [1.82, 2.24) is 9.80 Å². The van der Waals surface area contributed by atoms with Gasteiger partial charge >= 0.3 is 6.09 Å². The van der Waals surface area contributed by atoms with Gasteiger partial charge in [-0.2, -0.15) is 0 Å². The Morgan fingerprint density at radius 2 is 1.91 bits per heavy atom. The molecule has 0 saturated carbocycles. The zero-order valence-electron chi connectivity index (χ0n) is 12.5. The Hall–Kier alpha value is -1.66. The lowest BCUT2D eigenvalue weighted by Gasteiger charge is -2.46. The number of carboxylic acid groups (broad SMARTS) is 1. The number of amides is 1. The van der Waals surface area contributed by atoms with Crippen LogP contribution in [0.1, 0.15) is 18.4 Å². The molecule has 22 heavy (non-hydrogen) atoms. The number of ether oxygens (including phenoxy) is 1. The second-order valence-electron chi connectivity index (χ2n) is 6.14. The quantitative estimate of drug-likeness (QED) is 0.910. The molecule has 0 aromatic heterocycles. The van der Waals surface area contributed by atoms with E-state index in [1.807, 2.05) is 12.1 Å². The van der Waals surface area contributed by atoms with Crippen LogP contribution in [0.25, 0.3) is 0 Å². The predicted octanol–water partition coefficient (Wildman–Crippen LogP) is 2.17. The number of hydrogen-bond acceptors (Lipinski definition) is 3. The molecule has 0 bridgehead atoms. The van der Waals surface area contributed by atoms with Crippen molar-refractivity contribution in [1.29, 1.82) is 0 Å². The molecular formula is C16H21FN2O3. The molecule has 1 N–H and O–H groups in total. The predicted molar refractivity (Wildman–Crippen MR) is 79.2 cm³/mol. The number of likely N-dealkylation sites (tertiary alicyclic amines) is 1. The van der Waals surface area contributed by atoms with Crippen molar-refractivity contribution in [3.63, 3.8) is 0 Å². The minimum Gasteiger partial charge on any atom is -0.465 e. The van der Waals surface area contributed by atoms with Crippen molar-refractivity contribution in [3.05, 3.63) is 35.6 Å². The molecule has 1 aromatic carbocycles. The van der Waals surface area contributed by atoms with Crippen LogP contribution in [0.5, 0.6) is 0 Å². The second kappa shape index (κ2) is 6.22. The summed E-state index contributed by atoms with van der Waals surface area (Å²) in [7, 11) is 0. The van der Waals surface area contributed by atoms with Gasteiger partial charge in [0.25, 0.3) is 0 Å². The van der Waals surface area contributed by atoms with Gasteiger partial charge in [0.2, 0.25) is 0 Å². The van der Waals surface area contributed by atoms with E-state index in [-0.39, 0.29) is 11.4 Å². The highest BCUT2D eigenvalue weighted by Gasteiger charge is 2.40. The van der Waals surface area contributed by atoms with E-state index >= 15 is 0 Å². The van der Waals surface area contributed by atoms with Crippen molar-refractivity contribution in [2.24, 2.45) is 0 Å². The smallest absolute Gasteiger partial charge is 0.407 e. The number of halogens is 1. The first-order valence-electron chi connectivity index (χ1n) is 7.65. The van der Waals surface area contributed by atoms with Crippen LogP contribution in [-0.2, 0) is 11.3 Å². The summed E-state index contributed by atoms with van der Waals surface area (Å²) in [6.07, 6.45) is 0.618. The van der Waals surface area contributed by atoms with Gasteiger partial charge in [-0.3, -0.25) is 4.90 Å². The first kappa shape index (κ1) is 15.2. The number of piperidine rings is 1. The minimum atomic E-state index is -0.853. The van der Waals surface area contributed by atoms with E-state index < -0.39 is 6.09 Å². The maximum Gasteiger partial charge on any atom is 0.407 e. The number of benzene rings is 1. The molecule has 3 rings (SSSR count). The van der Waals surface area contributed by atoms with E-state index in [2.05, 4.69) is 4.90 Å². The normalized spacial score (nSPS) is 22.0. The van der Waals surface area contributed by atoms with Crippen LogP contribution in [0.3, 0.4) is 0 Å². The molecule has 2 heterocycles. The lowest BCUT2D eigenvalue weighted by Crippen LogP contribution is -2.57. The average molecular weight is 308 g/mol. The summed E-state index contributed by atoms with van der Waals surface area (Å²) in [6, 6.07) is 6.59. The van der Waals surface area contributed by atoms with Gasteiger partial charge in [0, 0.05) is 32.7 Å². The standard InChI is InChI=1S/C16H21FN2O3/c17-14-3-1-13(2-4-14)11-18-9-10-22-16(12-18)5-7-19(8-6-16)15(20)21/h1-4H,5-12H2,(H,20,21). The molecule has 0 unspecified atom stereocenters. The second-order valence-corrected chi connectivity index (χ2v) is 6.14. The number of morpholine rings is 1. The van der Waals surface area contributed by atoms with Crippen LogP contribution in [0.2, 0.25) is 0 Å². The van der Waals surface area contributed by atoms with Crippen molar-refractivity contribution in [2.45, 2.75) is 25.0 Å². The Morgan fingerprint density at radius 1 is 1.23 bits per heavy atom. The lowest BCUT2D eigenvalue weighted by atomic mass is 9.89. The molecule has 0 radical (unpaired) electrons. The lowest BCUT2D eigenvalue weighted by molar-refractivity contribution is -0.134. The molecule has 2 aliphatic rings. The Kier molecular flexibility index (Phi) is 4.31. The first-order valence-corrected chi connectivity index (χ1v) is 7.65. The highest BCUT2D eigenvalue weighted by atomic mass is 19.1. The minimum absolute atomic E-state index is 0.219. The summed E-state index contributed by atoms with van der Waals surface area (Å²) in [5.41, 5.74) is 0.853. The summed E-state index contributed by atoms with van der Waals surface area (Å²) < 4.78 is 19.0. The molecule has 5 nitrogen and oxygen atoms in total. The Bertz CT molecular complexity index is 527. The Morgan fingerprint density at radius 3 is 2.55 bits per heavy atom. The molecule has 2 saturated heterocycles. The molecule has 2 aliphatic heterocycles. The van der Waals surface area contributed by atoms with Crippen LogP contribution < -0.4 is 0 Å². The fraction of sp³-hybridized carbons (Fsp3) is 0.562. The van der Waals surface area contributed by atoms with Crippen molar-refractivity contribution >= 4 is 6.09 Å². The van der Waals surface area contributed by atoms with Gasteiger partial charge in [0.05, 0.1) is 12.2 Å². The zero-order valence-corrected chi connectivity index (χ0v) is 12.5. The van der Waals surface area contributed by atoms with E-state index in [0.29, 0.717) is 19.7 Å². The van der Waals surface area contributed by atoms with Crippen LogP contribution in [0.4, 0.5) is 9.18 Å². The molecule has 0 atom stereocenters. The third-order valence-corrected chi connectivity index (χ3v) is 4.59. The van der Waals surface area contributed by atoms with E-state index in [0.717, 1.165) is 38.0 Å². The first-order chi connectivity index (χ1) is 10.6. The maximum absolute atomic E-state index is 13.0. The summed E-state index contributed by atoms with van der Waals surface area (Å²) in [6.45, 7) is 4.14. The highest BCUT2D eigenvalue weighted by Crippen LogP contribution is 2.30. The van der Waals surface area contributed by atoms with Crippen LogP contribution >= 0.6 is 0 Å². The zero-order chi connectivity index (χ0) is 15.6. The van der Waals surface area contributed by atoms with E-state index in [9.17, 15) is 9.18 Å². The molecule has 120 valence electrons. The molecule has 2 fully saturated rings. The monoisotopic (exact) mass is 308 g/mol. The van der Waals surface area contributed by atoms with Gasteiger partial charge in [0.15, 0.2) is 0 Å². The van der Waals surface area contributed by atoms with Crippen LogP contribution in [0, 0.1) is 5.82 Å². The Labute approximate surface area is 129 Å². The van der Waals surface area contributed by atoms with E-state index in [1.54, 1.807) is 0 Å². The highest BCUT2D eigenvalue weighted by molar-refractivity contribution is 5.65. The van der Waals surface area contributed by atoms with E-state index in [1.165, 1.54) is 17.0 Å². The average Bonchev–Trinajstić information content (AvgIpc) is 2.50. The fourth-order valence-electron chi connectivity index (χ4n) is 3.31. The number of rotatable bonds is 2. The molecule has 1 aromatic rings. The largest absolute Gasteiger partial charge is 0.465 e. The Balaban J connectivity index is 1.60. The van der Waals surface area contributed by atoms with Gasteiger partial charge in [-0.05, 0) is 30.5 Å². The van der Waals surface area contributed by atoms with Gasteiger partial charge in [-0.15, -0.1) is 0 Å². The summed E-state index contributed by atoms with van der Waals surface area (Å²) in [5.74, 6) is -0.219. The molecule has 1 amide bonds. The molecule has 1 spiro atoms. The number of carbonyl (C=O) groups is 1. The van der Waals surface area contributed by atoms with E-state index in [4.69, 9.17) is 9.84 Å².